The smallest absolute Gasteiger partial charge is 0.221 e. The zero-order chi connectivity index (χ0) is 25.5. The van der Waals surface area contributed by atoms with Crippen molar-refractivity contribution in [1.82, 2.24) is 0 Å². The van der Waals surface area contributed by atoms with Gasteiger partial charge in [0.1, 0.15) is 0 Å². The lowest BCUT2D eigenvalue weighted by Crippen LogP contribution is -2.11. The highest BCUT2D eigenvalue weighted by molar-refractivity contribution is 6.01. The minimum Gasteiger partial charge on any atom is -0.326 e. The maximum absolute atomic E-state index is 11.9. The number of hydrogen-bond acceptors (Lipinski definition) is 4. The van der Waals surface area contributed by atoms with Crippen molar-refractivity contribution in [2.45, 2.75) is 34.1 Å². The molecular formula is C27H28N4O4. The van der Waals surface area contributed by atoms with Gasteiger partial charge >= 0.3 is 0 Å². The van der Waals surface area contributed by atoms with Gasteiger partial charge in [0.05, 0.1) is 0 Å². The van der Waals surface area contributed by atoms with Crippen molar-refractivity contribution in [3.63, 3.8) is 0 Å². The molecule has 0 bridgehead atoms. The van der Waals surface area contributed by atoms with Gasteiger partial charge in [-0.15, -0.1) is 0 Å². The maximum Gasteiger partial charge on any atom is 0.221 e. The molecule has 0 unspecified atom stereocenters. The van der Waals surface area contributed by atoms with E-state index in [4.69, 9.17) is 0 Å². The van der Waals surface area contributed by atoms with Crippen molar-refractivity contribution in [3.05, 3.63) is 71.8 Å². The molecule has 0 radical (unpaired) electrons. The van der Waals surface area contributed by atoms with Crippen LogP contribution in [0.4, 0.5) is 22.7 Å². The van der Waals surface area contributed by atoms with E-state index in [1.54, 1.807) is 18.2 Å². The summed E-state index contributed by atoms with van der Waals surface area (Å²) in [6.45, 7) is 5.72. The Hall–Kier alpha value is -4.46. The summed E-state index contributed by atoms with van der Waals surface area (Å²) in [5.74, 6) is -0.823. The number of benzene rings is 3. The van der Waals surface area contributed by atoms with E-state index in [0.29, 0.717) is 34.6 Å². The molecule has 0 saturated heterocycles. The highest BCUT2D eigenvalue weighted by atomic mass is 16.2. The lowest BCUT2D eigenvalue weighted by Gasteiger charge is -2.17. The van der Waals surface area contributed by atoms with Gasteiger partial charge in [-0.1, -0.05) is 18.2 Å². The van der Waals surface area contributed by atoms with Crippen molar-refractivity contribution in [2.24, 2.45) is 0 Å². The van der Waals surface area contributed by atoms with Crippen LogP contribution in [-0.2, 0) is 25.6 Å². The Morgan fingerprint density at radius 3 is 1.49 bits per heavy atom. The molecule has 0 atom stereocenters. The van der Waals surface area contributed by atoms with Gasteiger partial charge in [0.2, 0.25) is 23.6 Å². The Kier molecular flexibility index (Phi) is 7.99. The number of carbonyl (C=O) groups excluding carboxylic acids is 4. The Morgan fingerprint density at radius 1 is 0.514 bits per heavy atom. The average Bonchev–Trinajstić information content (AvgIpc) is 2.76. The van der Waals surface area contributed by atoms with Crippen molar-refractivity contribution >= 4 is 46.4 Å². The van der Waals surface area contributed by atoms with E-state index in [0.717, 1.165) is 16.8 Å². The molecule has 0 saturated carbocycles. The molecule has 0 aliphatic rings. The molecule has 8 heteroatoms. The van der Waals surface area contributed by atoms with Gasteiger partial charge in [-0.05, 0) is 60.0 Å². The molecule has 4 N–H and O–H groups in total. The number of amides is 4. The number of hydrogen-bond donors (Lipinski definition) is 4. The van der Waals surface area contributed by atoms with Crippen molar-refractivity contribution in [3.8, 4) is 11.1 Å². The van der Waals surface area contributed by atoms with Crippen LogP contribution in [0.3, 0.4) is 0 Å². The number of nitrogens with one attached hydrogen (secondary N) is 4. The van der Waals surface area contributed by atoms with E-state index >= 15 is 0 Å². The average molecular weight is 473 g/mol. The molecule has 0 aliphatic heterocycles. The minimum atomic E-state index is -0.241. The van der Waals surface area contributed by atoms with Gasteiger partial charge < -0.3 is 21.3 Å². The van der Waals surface area contributed by atoms with Crippen LogP contribution in [-0.4, -0.2) is 23.6 Å². The topological polar surface area (TPSA) is 116 Å². The Labute approximate surface area is 204 Å². The Balaban J connectivity index is 2.06. The zero-order valence-electron chi connectivity index (χ0n) is 20.1. The first-order valence-electron chi connectivity index (χ1n) is 11.1. The third-order valence-corrected chi connectivity index (χ3v) is 5.02. The minimum absolute atomic E-state index is 0.132. The Bertz CT molecular complexity index is 1280. The van der Waals surface area contributed by atoms with Crippen LogP contribution >= 0.6 is 0 Å². The molecule has 180 valence electrons. The Morgan fingerprint density at radius 2 is 0.943 bits per heavy atom. The molecule has 0 aromatic heterocycles. The van der Waals surface area contributed by atoms with Crippen molar-refractivity contribution < 1.29 is 19.2 Å². The maximum atomic E-state index is 11.9. The van der Waals surface area contributed by atoms with Gasteiger partial charge in [-0.25, -0.2) is 0 Å². The summed E-state index contributed by atoms with van der Waals surface area (Å²) in [7, 11) is 0. The highest BCUT2D eigenvalue weighted by Gasteiger charge is 2.15. The van der Waals surface area contributed by atoms with Crippen LogP contribution in [0.1, 0.15) is 38.8 Å². The molecule has 0 aliphatic carbocycles. The fraction of sp³-hybridized carbons (Fsp3) is 0.185. The van der Waals surface area contributed by atoms with Gasteiger partial charge in [0, 0.05) is 61.6 Å². The lowest BCUT2D eigenvalue weighted by atomic mass is 9.95. The lowest BCUT2D eigenvalue weighted by molar-refractivity contribution is -0.115. The summed E-state index contributed by atoms with van der Waals surface area (Å²) in [5.41, 5.74) is 5.77. The van der Waals surface area contributed by atoms with E-state index in [-0.39, 0.29) is 23.6 Å². The van der Waals surface area contributed by atoms with Crippen LogP contribution in [0, 0.1) is 0 Å². The first-order chi connectivity index (χ1) is 16.6. The predicted octanol–water partition coefficient (Wildman–Crippen LogP) is 4.78. The van der Waals surface area contributed by atoms with Gasteiger partial charge in [0.25, 0.3) is 0 Å². The summed E-state index contributed by atoms with van der Waals surface area (Å²) in [5, 5.41) is 11.2. The largest absolute Gasteiger partial charge is 0.326 e. The van der Waals surface area contributed by atoms with E-state index in [2.05, 4.69) is 21.3 Å². The second kappa shape index (κ2) is 11.1. The van der Waals surface area contributed by atoms with Crippen molar-refractivity contribution in [1.29, 1.82) is 0 Å². The predicted molar refractivity (Wildman–Crippen MR) is 138 cm³/mol. The highest BCUT2D eigenvalue weighted by Crippen LogP contribution is 2.37. The number of carbonyl (C=O) groups is 4. The quantitative estimate of drug-likeness (QED) is 0.396. The second-order valence-corrected chi connectivity index (χ2v) is 8.24. The molecule has 0 spiro atoms. The van der Waals surface area contributed by atoms with Gasteiger partial charge in [-0.3, -0.25) is 19.2 Å². The van der Waals surface area contributed by atoms with Crippen LogP contribution in [0.5, 0.6) is 0 Å². The fourth-order valence-corrected chi connectivity index (χ4v) is 3.71. The fourth-order valence-electron chi connectivity index (χ4n) is 3.71. The summed E-state index contributed by atoms with van der Waals surface area (Å²) in [6, 6.07) is 18.4. The molecule has 3 aromatic carbocycles. The SMILES string of the molecule is CC(=O)Nc1ccc(Cc2ccc(NC(C)=O)c(-c3cc(NC(C)=O)ccc3NC(C)=O)c2)cc1. The zero-order valence-corrected chi connectivity index (χ0v) is 20.1. The molecular weight excluding hydrogens is 444 g/mol. The van der Waals surface area contributed by atoms with E-state index in [1.165, 1.54) is 27.7 Å². The summed E-state index contributed by atoms with van der Waals surface area (Å²) in [4.78, 5) is 46.6. The van der Waals surface area contributed by atoms with Crippen LogP contribution in [0.15, 0.2) is 60.7 Å². The van der Waals surface area contributed by atoms with Crippen LogP contribution in [0.25, 0.3) is 11.1 Å². The first-order valence-corrected chi connectivity index (χ1v) is 11.1. The summed E-state index contributed by atoms with van der Waals surface area (Å²) in [6.07, 6.45) is 0.606. The van der Waals surface area contributed by atoms with E-state index < -0.39 is 0 Å². The molecule has 35 heavy (non-hydrogen) atoms. The normalized spacial score (nSPS) is 10.3. The molecule has 3 rings (SSSR count). The molecule has 0 heterocycles. The van der Waals surface area contributed by atoms with Crippen LogP contribution in [0.2, 0.25) is 0 Å². The monoisotopic (exact) mass is 472 g/mol. The first kappa shape index (κ1) is 25.2. The third kappa shape index (κ3) is 7.26. The second-order valence-electron chi connectivity index (χ2n) is 8.24. The van der Waals surface area contributed by atoms with Gasteiger partial charge in [-0.2, -0.15) is 0 Å². The summed E-state index contributed by atoms with van der Waals surface area (Å²) >= 11 is 0. The number of anilines is 4. The molecule has 4 amide bonds. The third-order valence-electron chi connectivity index (χ3n) is 5.02. The molecule has 8 nitrogen and oxygen atoms in total. The molecule has 3 aromatic rings. The summed E-state index contributed by atoms with van der Waals surface area (Å²) < 4.78 is 0. The van der Waals surface area contributed by atoms with Crippen LogP contribution < -0.4 is 21.3 Å². The molecule has 0 fully saturated rings. The van der Waals surface area contributed by atoms with E-state index in [1.807, 2.05) is 42.5 Å². The van der Waals surface area contributed by atoms with Crippen molar-refractivity contribution in [2.75, 3.05) is 21.3 Å². The van der Waals surface area contributed by atoms with Gasteiger partial charge in [0.15, 0.2) is 0 Å². The van der Waals surface area contributed by atoms with E-state index in [9.17, 15) is 19.2 Å². The number of rotatable bonds is 7. The standard InChI is InChI=1S/C27H28N4O4/c1-16(32)28-22-8-5-20(6-9-22)13-21-7-11-26(30-18(3)34)24(14-21)25-15-23(29-17(2)33)10-12-27(25)31-19(4)35/h5-12,14-15H,13H2,1-4H3,(H,28,32)(H,29,33)(H,30,34)(H,31,35).